The van der Waals surface area contributed by atoms with Gasteiger partial charge in [-0.1, -0.05) is 12.5 Å². The van der Waals surface area contributed by atoms with E-state index < -0.39 is 5.97 Å². The smallest absolute Gasteiger partial charge is 0.306 e. The molecular formula is C15H20N2O3. The second kappa shape index (κ2) is 6.41. The fraction of sp³-hybridized carbons (Fsp3) is 0.467. The summed E-state index contributed by atoms with van der Waals surface area (Å²) in [5.74, 6) is -1.10. The first-order valence-corrected chi connectivity index (χ1v) is 6.91. The molecule has 1 aromatic rings. The number of rotatable bonds is 4. The van der Waals surface area contributed by atoms with E-state index in [2.05, 4.69) is 10.6 Å². The van der Waals surface area contributed by atoms with Gasteiger partial charge in [0.2, 0.25) is 0 Å². The molecule has 0 spiro atoms. The van der Waals surface area contributed by atoms with E-state index in [1.807, 2.05) is 12.1 Å². The van der Waals surface area contributed by atoms with Crippen molar-refractivity contribution < 1.29 is 14.7 Å². The lowest BCUT2D eigenvalue weighted by Gasteiger charge is -2.28. The number of hydrogen-bond donors (Lipinski definition) is 3. The molecule has 20 heavy (non-hydrogen) atoms. The van der Waals surface area contributed by atoms with E-state index in [9.17, 15) is 9.59 Å². The molecule has 2 unspecified atom stereocenters. The van der Waals surface area contributed by atoms with Gasteiger partial charge in [0.15, 0.2) is 0 Å². The van der Waals surface area contributed by atoms with E-state index in [1.165, 1.54) is 0 Å². The van der Waals surface area contributed by atoms with Gasteiger partial charge in [-0.2, -0.15) is 0 Å². The average Bonchev–Trinajstić information content (AvgIpc) is 2.47. The Morgan fingerprint density at radius 2 is 2.10 bits per heavy atom. The first-order valence-electron chi connectivity index (χ1n) is 6.91. The van der Waals surface area contributed by atoms with Crippen LogP contribution in [0, 0.1) is 5.92 Å². The van der Waals surface area contributed by atoms with E-state index in [1.54, 1.807) is 19.2 Å². The van der Waals surface area contributed by atoms with Crippen LogP contribution in [-0.4, -0.2) is 30.1 Å². The van der Waals surface area contributed by atoms with Gasteiger partial charge in [-0.05, 0) is 37.5 Å². The van der Waals surface area contributed by atoms with Crippen LogP contribution in [0.4, 0.5) is 5.69 Å². The van der Waals surface area contributed by atoms with Crippen LogP contribution in [0.1, 0.15) is 36.0 Å². The molecule has 108 valence electrons. The summed E-state index contributed by atoms with van der Waals surface area (Å²) in [5.41, 5.74) is 1.46. The van der Waals surface area contributed by atoms with E-state index in [0.29, 0.717) is 12.0 Å². The molecule has 1 amide bonds. The van der Waals surface area contributed by atoms with Crippen molar-refractivity contribution in [2.45, 2.75) is 31.7 Å². The zero-order valence-electron chi connectivity index (χ0n) is 11.6. The third-order valence-corrected chi connectivity index (χ3v) is 3.75. The van der Waals surface area contributed by atoms with Crippen molar-refractivity contribution in [3.8, 4) is 0 Å². The topological polar surface area (TPSA) is 78.4 Å². The summed E-state index contributed by atoms with van der Waals surface area (Å²) in [6.45, 7) is 0. The average molecular weight is 276 g/mol. The first-order chi connectivity index (χ1) is 9.60. The Morgan fingerprint density at radius 1 is 1.30 bits per heavy atom. The predicted molar refractivity (Wildman–Crippen MR) is 76.8 cm³/mol. The number of nitrogens with one attached hydrogen (secondary N) is 2. The number of carboxylic acids is 1. The highest BCUT2D eigenvalue weighted by molar-refractivity contribution is 5.94. The number of benzene rings is 1. The number of carbonyl (C=O) groups excluding carboxylic acids is 1. The summed E-state index contributed by atoms with van der Waals surface area (Å²) in [7, 11) is 1.60. The second-order valence-electron chi connectivity index (χ2n) is 5.20. The number of carboxylic acid groups (broad SMARTS) is 1. The van der Waals surface area contributed by atoms with Gasteiger partial charge in [0, 0.05) is 24.3 Å². The molecule has 0 radical (unpaired) electrons. The van der Waals surface area contributed by atoms with Crippen molar-refractivity contribution in [3.63, 3.8) is 0 Å². The summed E-state index contributed by atoms with van der Waals surface area (Å²) in [5, 5.41) is 15.0. The molecule has 2 atom stereocenters. The normalized spacial score (nSPS) is 22.1. The molecule has 0 heterocycles. The van der Waals surface area contributed by atoms with Crippen LogP contribution in [-0.2, 0) is 4.79 Å². The summed E-state index contributed by atoms with van der Waals surface area (Å²) < 4.78 is 0. The van der Waals surface area contributed by atoms with Crippen molar-refractivity contribution in [2.24, 2.45) is 5.92 Å². The van der Waals surface area contributed by atoms with Crippen LogP contribution in [0.5, 0.6) is 0 Å². The van der Waals surface area contributed by atoms with Crippen LogP contribution < -0.4 is 10.6 Å². The maximum atomic E-state index is 11.6. The Labute approximate surface area is 118 Å². The van der Waals surface area contributed by atoms with Gasteiger partial charge in [-0.25, -0.2) is 0 Å². The Balaban J connectivity index is 2.02. The van der Waals surface area contributed by atoms with Crippen LogP contribution in [0.15, 0.2) is 24.3 Å². The quantitative estimate of drug-likeness (QED) is 0.787. The van der Waals surface area contributed by atoms with Crippen LogP contribution in [0.3, 0.4) is 0 Å². The molecule has 5 nitrogen and oxygen atoms in total. The third-order valence-electron chi connectivity index (χ3n) is 3.75. The Bertz CT molecular complexity index is 502. The fourth-order valence-electron chi connectivity index (χ4n) is 2.68. The maximum absolute atomic E-state index is 11.6. The lowest BCUT2D eigenvalue weighted by atomic mass is 9.85. The number of amides is 1. The molecule has 1 aromatic carbocycles. The molecule has 1 aliphatic rings. The van der Waals surface area contributed by atoms with Crippen molar-refractivity contribution in [3.05, 3.63) is 29.8 Å². The van der Waals surface area contributed by atoms with Crippen LogP contribution in [0.2, 0.25) is 0 Å². The minimum absolute atomic E-state index is 0.124. The van der Waals surface area contributed by atoms with Crippen molar-refractivity contribution >= 4 is 17.6 Å². The highest BCUT2D eigenvalue weighted by Gasteiger charge is 2.26. The van der Waals surface area contributed by atoms with Crippen LogP contribution in [0.25, 0.3) is 0 Å². The van der Waals surface area contributed by atoms with Crippen LogP contribution >= 0.6 is 0 Å². The van der Waals surface area contributed by atoms with Gasteiger partial charge < -0.3 is 15.7 Å². The highest BCUT2D eigenvalue weighted by atomic mass is 16.4. The molecule has 1 aliphatic carbocycles. The molecule has 0 aliphatic heterocycles. The lowest BCUT2D eigenvalue weighted by molar-refractivity contribution is -0.142. The summed E-state index contributed by atoms with van der Waals surface area (Å²) in [4.78, 5) is 22.6. The number of aliphatic carboxylic acids is 1. The summed E-state index contributed by atoms with van der Waals surface area (Å²) in [6.07, 6.45) is 3.28. The molecule has 0 saturated heterocycles. The van der Waals surface area contributed by atoms with Gasteiger partial charge >= 0.3 is 5.97 Å². The zero-order chi connectivity index (χ0) is 14.5. The minimum Gasteiger partial charge on any atom is -0.481 e. The minimum atomic E-state index is -0.712. The van der Waals surface area contributed by atoms with Gasteiger partial charge in [-0.15, -0.1) is 0 Å². The molecule has 3 N–H and O–H groups in total. The Kier molecular flexibility index (Phi) is 4.61. The molecular weight excluding hydrogens is 256 g/mol. The van der Waals surface area contributed by atoms with Gasteiger partial charge in [0.1, 0.15) is 0 Å². The van der Waals surface area contributed by atoms with Crippen molar-refractivity contribution in [2.75, 3.05) is 12.4 Å². The lowest BCUT2D eigenvalue weighted by Crippen LogP contribution is -2.31. The van der Waals surface area contributed by atoms with Gasteiger partial charge in [-0.3, -0.25) is 9.59 Å². The standard InChI is InChI=1S/C15H20N2O3/c1-16-14(18)10-4-2-6-12(8-10)17-13-7-3-5-11(9-13)15(19)20/h2,4,6,8,11,13,17H,3,5,7,9H2,1H3,(H,16,18)(H,19,20). The SMILES string of the molecule is CNC(=O)c1cccc(NC2CCCC(C(=O)O)C2)c1. The second-order valence-corrected chi connectivity index (χ2v) is 5.20. The zero-order valence-corrected chi connectivity index (χ0v) is 11.6. The van der Waals surface area contributed by atoms with E-state index in [4.69, 9.17) is 5.11 Å². The Hall–Kier alpha value is -2.04. The third kappa shape index (κ3) is 3.50. The van der Waals surface area contributed by atoms with Crippen molar-refractivity contribution in [1.82, 2.24) is 5.32 Å². The number of hydrogen-bond acceptors (Lipinski definition) is 3. The number of carbonyl (C=O) groups is 2. The van der Waals surface area contributed by atoms with E-state index in [0.717, 1.165) is 24.9 Å². The maximum Gasteiger partial charge on any atom is 0.306 e. The number of anilines is 1. The van der Waals surface area contributed by atoms with Gasteiger partial charge in [0.05, 0.1) is 5.92 Å². The molecule has 0 aromatic heterocycles. The predicted octanol–water partition coefficient (Wildman–Crippen LogP) is 2.10. The van der Waals surface area contributed by atoms with Crippen molar-refractivity contribution in [1.29, 1.82) is 0 Å². The molecule has 0 bridgehead atoms. The molecule has 5 heteroatoms. The Morgan fingerprint density at radius 3 is 2.80 bits per heavy atom. The first kappa shape index (κ1) is 14.4. The summed E-state index contributed by atoms with van der Waals surface area (Å²) in [6, 6.07) is 7.43. The monoisotopic (exact) mass is 276 g/mol. The molecule has 1 fully saturated rings. The van der Waals surface area contributed by atoms with E-state index >= 15 is 0 Å². The molecule has 2 rings (SSSR count). The molecule has 1 saturated carbocycles. The highest BCUT2D eigenvalue weighted by Crippen LogP contribution is 2.27. The fourth-order valence-corrected chi connectivity index (χ4v) is 2.68. The van der Waals surface area contributed by atoms with Gasteiger partial charge in [0.25, 0.3) is 5.91 Å². The van der Waals surface area contributed by atoms with E-state index in [-0.39, 0.29) is 17.9 Å². The summed E-state index contributed by atoms with van der Waals surface area (Å²) >= 11 is 0. The largest absolute Gasteiger partial charge is 0.481 e.